The molecule has 1 atom stereocenters. The second-order valence-electron chi connectivity index (χ2n) is 17.6. The largest absolute Gasteiger partial charge is 0.0811 e. The fourth-order valence-electron chi connectivity index (χ4n) is 8.75. The van der Waals surface area contributed by atoms with Crippen molar-refractivity contribution in [1.82, 2.24) is 0 Å². The molecule has 0 heterocycles. The van der Waals surface area contributed by atoms with Gasteiger partial charge in [-0.1, -0.05) is 233 Å². The van der Waals surface area contributed by atoms with Crippen LogP contribution in [0.3, 0.4) is 0 Å². The van der Waals surface area contributed by atoms with Crippen LogP contribution in [0.25, 0.3) is 61.2 Å². The molecule has 0 saturated heterocycles. The minimum Gasteiger partial charge on any atom is -0.0811 e. The molecule has 0 aromatic heterocycles. The molecule has 1 aliphatic carbocycles. The highest BCUT2D eigenvalue weighted by Crippen LogP contribution is 2.41. The molecule has 8 aromatic carbocycles. The van der Waals surface area contributed by atoms with Crippen molar-refractivity contribution < 1.29 is 0 Å². The van der Waals surface area contributed by atoms with Crippen LogP contribution < -0.4 is 0 Å². The van der Waals surface area contributed by atoms with Crippen molar-refractivity contribution in [2.75, 3.05) is 0 Å². The number of hydrogen-bond acceptors (Lipinski definition) is 0. The van der Waals surface area contributed by atoms with Gasteiger partial charge in [0.05, 0.1) is 0 Å². The van der Waals surface area contributed by atoms with Gasteiger partial charge in [-0.25, -0.2) is 0 Å². The topological polar surface area (TPSA) is 0 Å². The Morgan fingerprint density at radius 1 is 0.470 bits per heavy atom. The summed E-state index contributed by atoms with van der Waals surface area (Å²) >= 11 is 0. The predicted molar refractivity (Wildman–Crippen MR) is 291 cm³/mol. The van der Waals surface area contributed by atoms with Crippen LogP contribution in [0.2, 0.25) is 0 Å². The first-order valence-electron chi connectivity index (χ1n) is 24.1. The van der Waals surface area contributed by atoms with Gasteiger partial charge >= 0.3 is 0 Å². The Bertz CT molecular complexity index is 2860. The SMILES string of the molecule is C/C=C(\C=C/C(C)CC)c1ccc2c(c1)Cc1ccc(-c3ccc(C)cc3)cc1-2.CC.Cc1ccc(-c2ccccc2)cc1.Cc1ccccc1-c1cccc(-c2c(C)cccc2C)c1C. The van der Waals surface area contributed by atoms with E-state index in [4.69, 9.17) is 0 Å². The molecule has 66 heavy (non-hydrogen) atoms. The Morgan fingerprint density at radius 2 is 1.00 bits per heavy atom. The lowest BCUT2D eigenvalue weighted by atomic mass is 9.88. The summed E-state index contributed by atoms with van der Waals surface area (Å²) in [6, 6.07) is 63.6. The molecule has 0 saturated carbocycles. The number of allylic oxidation sites excluding steroid dienone is 4. The second kappa shape index (κ2) is 23.4. The molecule has 0 aliphatic heterocycles. The van der Waals surface area contributed by atoms with Crippen LogP contribution >= 0.6 is 0 Å². The predicted octanol–water partition coefficient (Wildman–Crippen LogP) is 19.2. The molecule has 0 bridgehead atoms. The minimum atomic E-state index is 0.615. The maximum atomic E-state index is 2.39. The van der Waals surface area contributed by atoms with Crippen LogP contribution in [0.1, 0.15) is 91.1 Å². The summed E-state index contributed by atoms with van der Waals surface area (Å²) in [6.07, 6.45) is 9.03. The Hall–Kier alpha value is -6.76. The molecule has 1 aliphatic rings. The summed E-state index contributed by atoms with van der Waals surface area (Å²) in [6.45, 7) is 23.7. The fourth-order valence-corrected chi connectivity index (χ4v) is 8.75. The summed E-state index contributed by atoms with van der Waals surface area (Å²) in [5.74, 6) is 0.615. The van der Waals surface area contributed by atoms with Gasteiger partial charge in [0.25, 0.3) is 0 Å². The van der Waals surface area contributed by atoms with Crippen LogP contribution in [-0.4, -0.2) is 0 Å². The van der Waals surface area contributed by atoms with E-state index in [9.17, 15) is 0 Å². The van der Waals surface area contributed by atoms with Gasteiger partial charge in [0.1, 0.15) is 0 Å². The molecule has 1 unspecified atom stereocenters. The van der Waals surface area contributed by atoms with E-state index in [1.54, 1.807) is 0 Å². The summed E-state index contributed by atoms with van der Waals surface area (Å²) in [5.41, 5.74) is 26.8. The van der Waals surface area contributed by atoms with E-state index >= 15 is 0 Å². The van der Waals surface area contributed by atoms with Gasteiger partial charge in [0, 0.05) is 0 Å². The summed E-state index contributed by atoms with van der Waals surface area (Å²) in [5, 5.41) is 0. The van der Waals surface area contributed by atoms with Gasteiger partial charge < -0.3 is 0 Å². The Morgan fingerprint density at radius 3 is 1.62 bits per heavy atom. The lowest BCUT2D eigenvalue weighted by molar-refractivity contribution is 0.698. The van der Waals surface area contributed by atoms with Crippen molar-refractivity contribution in [3.63, 3.8) is 0 Å². The average molecular weight is 863 g/mol. The second-order valence-corrected chi connectivity index (χ2v) is 17.6. The molecule has 0 amide bonds. The van der Waals surface area contributed by atoms with E-state index in [1.807, 2.05) is 19.9 Å². The highest BCUT2D eigenvalue weighted by atomic mass is 14.2. The zero-order valence-corrected chi connectivity index (χ0v) is 41.5. The standard InChI is InChI=1S/C29H30.C22H22.C13H12.C2H6/c1-5-20(3)7-10-22(6-2)24-15-16-28-27(17-24)18-26-14-13-25(19-29(26)28)23-11-8-21(4)9-12-23;1-15-9-5-6-12-19(15)20-13-8-14-21(18(20)4)22-16(2)10-7-11-17(22)3;1-11-7-9-13(10-8-11)12-5-3-2-4-6-12;1-2/h6-17,19-20H,5,18H2,1-4H3;5-14H,1-4H3;2-10H,1H3;1-2H3/b10-7-,22-6+;;;. The van der Waals surface area contributed by atoms with E-state index in [2.05, 4.69) is 250 Å². The van der Waals surface area contributed by atoms with Crippen molar-refractivity contribution in [3.8, 4) is 55.6 Å². The van der Waals surface area contributed by atoms with E-state index in [0.29, 0.717) is 5.92 Å². The zero-order valence-electron chi connectivity index (χ0n) is 41.5. The van der Waals surface area contributed by atoms with Crippen LogP contribution in [0, 0.1) is 47.5 Å². The van der Waals surface area contributed by atoms with Gasteiger partial charge in [-0.15, -0.1) is 0 Å². The fraction of sp³-hybridized carbons (Fsp3) is 0.212. The molecule has 0 N–H and O–H groups in total. The molecule has 0 spiro atoms. The van der Waals surface area contributed by atoms with Crippen molar-refractivity contribution in [3.05, 3.63) is 244 Å². The first-order valence-corrected chi connectivity index (χ1v) is 24.1. The molecule has 0 fully saturated rings. The van der Waals surface area contributed by atoms with Crippen molar-refractivity contribution in [1.29, 1.82) is 0 Å². The van der Waals surface area contributed by atoms with Crippen molar-refractivity contribution >= 4 is 5.57 Å². The minimum absolute atomic E-state index is 0.615. The van der Waals surface area contributed by atoms with Gasteiger partial charge in [-0.3, -0.25) is 0 Å². The third-order valence-electron chi connectivity index (χ3n) is 12.8. The molecule has 0 nitrogen and oxygen atoms in total. The molecule has 8 aromatic rings. The van der Waals surface area contributed by atoms with Crippen molar-refractivity contribution in [2.45, 2.75) is 89.0 Å². The zero-order chi connectivity index (χ0) is 47.2. The Kier molecular flexibility index (Phi) is 17.3. The Labute approximate surface area is 398 Å². The number of benzene rings is 8. The number of fused-ring (bicyclic) bond motifs is 3. The van der Waals surface area contributed by atoms with Crippen LogP contribution in [0.5, 0.6) is 0 Å². The van der Waals surface area contributed by atoms with Crippen molar-refractivity contribution in [2.24, 2.45) is 5.92 Å². The summed E-state index contributed by atoms with van der Waals surface area (Å²) in [7, 11) is 0. The number of rotatable bonds is 8. The quantitative estimate of drug-likeness (QED) is 0.134. The summed E-state index contributed by atoms with van der Waals surface area (Å²) < 4.78 is 0. The molecule has 9 rings (SSSR count). The lowest BCUT2D eigenvalue weighted by Crippen LogP contribution is -1.94. The van der Waals surface area contributed by atoms with E-state index in [-0.39, 0.29) is 0 Å². The Balaban J connectivity index is 0.000000171. The molecular formula is C66H70. The number of aryl methyl sites for hydroxylation is 5. The normalized spacial score (nSPS) is 11.8. The average Bonchev–Trinajstić information content (AvgIpc) is 3.71. The highest BCUT2D eigenvalue weighted by Gasteiger charge is 2.20. The van der Waals surface area contributed by atoms with Gasteiger partial charge in [0.15, 0.2) is 0 Å². The van der Waals surface area contributed by atoms with E-state index < -0.39 is 0 Å². The van der Waals surface area contributed by atoms with E-state index in [1.165, 1.54) is 118 Å². The molecule has 334 valence electrons. The first kappa shape index (κ1) is 48.7. The third-order valence-corrected chi connectivity index (χ3v) is 12.8. The molecule has 0 heteroatoms. The lowest BCUT2D eigenvalue weighted by Gasteiger charge is -2.17. The van der Waals surface area contributed by atoms with Crippen LogP contribution in [0.15, 0.2) is 194 Å². The number of hydrogen-bond donors (Lipinski definition) is 0. The molecule has 0 radical (unpaired) electrons. The maximum Gasteiger partial charge on any atom is -0.00132 e. The molecular weight excluding hydrogens is 793 g/mol. The van der Waals surface area contributed by atoms with Crippen LogP contribution in [-0.2, 0) is 6.42 Å². The van der Waals surface area contributed by atoms with E-state index in [0.717, 1.165) is 6.42 Å². The first-order chi connectivity index (χ1) is 32.0. The third kappa shape index (κ3) is 11.9. The van der Waals surface area contributed by atoms with Crippen LogP contribution in [0.4, 0.5) is 0 Å². The maximum absolute atomic E-state index is 2.39. The highest BCUT2D eigenvalue weighted by molar-refractivity contribution is 5.85. The summed E-state index contributed by atoms with van der Waals surface area (Å²) in [4.78, 5) is 0. The van der Waals surface area contributed by atoms with Gasteiger partial charge in [0.2, 0.25) is 0 Å². The van der Waals surface area contributed by atoms with Gasteiger partial charge in [-0.05, 0) is 167 Å². The monoisotopic (exact) mass is 863 g/mol. The van der Waals surface area contributed by atoms with Gasteiger partial charge in [-0.2, -0.15) is 0 Å². The smallest absolute Gasteiger partial charge is 0.00132 e.